The van der Waals surface area contributed by atoms with Gasteiger partial charge in [-0.1, -0.05) is 96.0 Å². The van der Waals surface area contributed by atoms with Gasteiger partial charge in [0.05, 0.1) is 35.3 Å². The van der Waals surface area contributed by atoms with Gasteiger partial charge in [-0.3, -0.25) is 9.59 Å². The predicted molar refractivity (Wildman–Crippen MR) is 219 cm³/mol. The van der Waals surface area contributed by atoms with Gasteiger partial charge in [-0.25, -0.2) is 19.6 Å². The van der Waals surface area contributed by atoms with Gasteiger partial charge in [-0.15, -0.1) is 0 Å². The summed E-state index contributed by atoms with van der Waals surface area (Å²) in [4.78, 5) is 61.5. The van der Waals surface area contributed by atoms with Gasteiger partial charge in [0.1, 0.15) is 11.4 Å². The molecule has 0 saturated heterocycles. The van der Waals surface area contributed by atoms with Crippen LogP contribution in [-0.2, 0) is 33.5 Å². The Bertz CT molecular complexity index is 2470. The molecule has 10 nitrogen and oxygen atoms in total. The number of aromatic carboxylic acids is 2. The molecule has 0 unspecified atom stereocenters. The average molecular weight is 810 g/mol. The van der Waals surface area contributed by atoms with Crippen LogP contribution < -0.4 is 9.80 Å². The summed E-state index contributed by atoms with van der Waals surface area (Å²) in [5.41, 5.74) is 5.93. The first kappa shape index (κ1) is 37.2. The second-order valence-corrected chi connectivity index (χ2v) is 15.9. The number of carbonyl (C=O) groups excluding carboxylic acids is 2. The number of rotatable bonds is 8. The van der Waals surface area contributed by atoms with Crippen molar-refractivity contribution in [2.45, 2.75) is 48.6 Å². The first-order valence-electron chi connectivity index (χ1n) is 18.7. The lowest BCUT2D eigenvalue weighted by Crippen LogP contribution is -2.32. The van der Waals surface area contributed by atoms with E-state index >= 15 is 0 Å². The number of halogens is 2. The quantitative estimate of drug-likeness (QED) is 0.156. The van der Waals surface area contributed by atoms with Crippen molar-refractivity contribution in [3.63, 3.8) is 0 Å². The molecule has 2 spiro atoms. The lowest BCUT2D eigenvalue weighted by atomic mass is 9.92. The number of fused-ring (bicyclic) bond motifs is 4. The van der Waals surface area contributed by atoms with Crippen molar-refractivity contribution in [3.05, 3.63) is 189 Å². The summed E-state index contributed by atoms with van der Waals surface area (Å²) in [5, 5.41) is 19.7. The molecule has 0 bridgehead atoms. The Morgan fingerprint density at radius 2 is 0.931 bits per heavy atom. The zero-order valence-corrected chi connectivity index (χ0v) is 32.3. The van der Waals surface area contributed by atoms with E-state index in [9.17, 15) is 29.4 Å². The summed E-state index contributed by atoms with van der Waals surface area (Å²) in [6.45, 7) is 0.484. The van der Waals surface area contributed by atoms with Crippen molar-refractivity contribution in [1.82, 2.24) is 9.97 Å². The van der Waals surface area contributed by atoms with Crippen LogP contribution >= 0.6 is 23.2 Å². The Balaban J connectivity index is 0.000000150. The minimum Gasteiger partial charge on any atom is -0.477 e. The number of hydrogen-bond donors (Lipinski definition) is 2. The number of para-hydroxylation sites is 2. The Kier molecular flexibility index (Phi) is 9.13. The minimum atomic E-state index is -1.08. The normalized spacial score (nSPS) is 22.0. The first-order valence-corrected chi connectivity index (χ1v) is 19.5. The Labute approximate surface area is 343 Å². The largest absolute Gasteiger partial charge is 0.477 e. The van der Waals surface area contributed by atoms with Crippen molar-refractivity contribution in [3.8, 4) is 0 Å². The van der Waals surface area contributed by atoms with Crippen LogP contribution in [0.2, 0.25) is 10.0 Å². The highest BCUT2D eigenvalue weighted by molar-refractivity contribution is 6.30. The summed E-state index contributed by atoms with van der Waals surface area (Å²) in [5.74, 6) is -1.86. The second-order valence-electron chi connectivity index (χ2n) is 15.0. The highest BCUT2D eigenvalue weighted by Crippen LogP contribution is 2.67. The van der Waals surface area contributed by atoms with Gasteiger partial charge >= 0.3 is 11.9 Å². The average Bonchev–Trinajstić information content (AvgIpc) is 4.14. The number of benzene rings is 4. The number of nitrogens with zero attached hydrogens (tertiary/aromatic N) is 4. The van der Waals surface area contributed by atoms with Gasteiger partial charge < -0.3 is 20.0 Å². The van der Waals surface area contributed by atoms with E-state index in [2.05, 4.69) is 9.97 Å². The third-order valence-electron chi connectivity index (χ3n) is 11.8. The van der Waals surface area contributed by atoms with E-state index in [4.69, 9.17) is 23.2 Å². The molecule has 2 aliphatic carbocycles. The van der Waals surface area contributed by atoms with Crippen LogP contribution in [0.15, 0.2) is 133 Å². The number of aromatic nitrogens is 2. The molecule has 2 fully saturated rings. The van der Waals surface area contributed by atoms with Gasteiger partial charge in [-0.2, -0.15) is 0 Å². The van der Waals surface area contributed by atoms with Crippen LogP contribution in [0.4, 0.5) is 11.4 Å². The fourth-order valence-corrected chi connectivity index (χ4v) is 9.16. The maximum absolute atomic E-state index is 13.6. The standard InChI is InChI=1S/2C23H17ClN2O3/c2*24-15-10-8-14(9-11-15)18-12-23(18)17-5-1-2-7-20(17)26(22(23)29)13-16-4-3-6-19(25-16)21(27)28/h2*1-11,18H,12-13H2,(H,27,28)/t2*18-,23-/m10/s1. The predicted octanol–water partition coefficient (Wildman–Crippen LogP) is 8.81. The Morgan fingerprint density at radius 1 is 0.552 bits per heavy atom. The summed E-state index contributed by atoms with van der Waals surface area (Å²) < 4.78 is 0. The molecule has 0 radical (unpaired) electrons. The lowest BCUT2D eigenvalue weighted by Gasteiger charge is -2.18. The van der Waals surface area contributed by atoms with Crippen LogP contribution in [-0.4, -0.2) is 43.9 Å². The van der Waals surface area contributed by atoms with Crippen molar-refractivity contribution in [2.24, 2.45) is 0 Å². The van der Waals surface area contributed by atoms with E-state index in [0.29, 0.717) is 21.4 Å². The van der Waals surface area contributed by atoms with Crippen molar-refractivity contribution in [1.29, 1.82) is 0 Å². The van der Waals surface area contributed by atoms with Gasteiger partial charge in [0.25, 0.3) is 0 Å². The summed E-state index contributed by atoms with van der Waals surface area (Å²) in [6.07, 6.45) is 1.51. The third kappa shape index (κ3) is 6.20. The number of pyridine rings is 2. The third-order valence-corrected chi connectivity index (χ3v) is 12.3. The maximum Gasteiger partial charge on any atom is 0.354 e. The molecule has 4 atom stereocenters. The van der Waals surface area contributed by atoms with E-state index in [1.807, 2.05) is 97.1 Å². The molecule has 2 saturated carbocycles. The lowest BCUT2D eigenvalue weighted by molar-refractivity contribution is -0.121. The van der Waals surface area contributed by atoms with Gasteiger partial charge in [0.2, 0.25) is 11.8 Å². The zero-order chi connectivity index (χ0) is 40.3. The van der Waals surface area contributed by atoms with E-state index in [1.165, 1.54) is 12.1 Å². The zero-order valence-electron chi connectivity index (χ0n) is 30.8. The molecule has 6 aromatic rings. The molecular formula is C46H34Cl2N4O6. The van der Waals surface area contributed by atoms with Crippen molar-refractivity contribution in [2.75, 3.05) is 9.80 Å². The smallest absolute Gasteiger partial charge is 0.354 e. The number of anilines is 2. The number of amides is 2. The second kappa shape index (κ2) is 14.2. The van der Waals surface area contributed by atoms with Crippen molar-refractivity contribution >= 4 is 58.3 Å². The fraction of sp³-hybridized carbons (Fsp3) is 0.174. The molecule has 10 rings (SSSR count). The summed E-state index contributed by atoms with van der Waals surface area (Å²) in [7, 11) is 0. The van der Waals surface area contributed by atoms with Gasteiger partial charge in [0.15, 0.2) is 0 Å². The Morgan fingerprint density at radius 3 is 1.31 bits per heavy atom. The number of carbonyl (C=O) groups is 4. The first-order chi connectivity index (χ1) is 28.0. The topological polar surface area (TPSA) is 141 Å². The molecule has 4 heterocycles. The molecule has 288 valence electrons. The number of carboxylic acid groups (broad SMARTS) is 2. The Hall–Kier alpha value is -6.36. The highest BCUT2D eigenvalue weighted by Gasteiger charge is 2.68. The number of hydrogen-bond acceptors (Lipinski definition) is 6. The molecule has 12 heteroatoms. The SMILES string of the molecule is O=C(O)c1cccc(CN2C(=O)[C@@]3(C[C@H]3c3ccc(Cl)cc3)c3ccccc32)n1.O=C(O)c1cccc(CN2C(=O)[C@]3(C[C@@H]3c3ccc(Cl)cc3)c3ccccc32)n1. The van der Waals surface area contributed by atoms with Crippen LogP contribution in [0.25, 0.3) is 0 Å². The fourth-order valence-electron chi connectivity index (χ4n) is 8.90. The summed E-state index contributed by atoms with van der Waals surface area (Å²) in [6, 6.07) is 40.7. The molecular weight excluding hydrogens is 775 g/mol. The highest BCUT2D eigenvalue weighted by atomic mass is 35.5. The molecule has 2 amide bonds. The molecule has 4 aliphatic rings. The van der Waals surface area contributed by atoms with E-state index < -0.39 is 22.8 Å². The van der Waals surface area contributed by atoms with Crippen molar-refractivity contribution < 1.29 is 29.4 Å². The molecule has 58 heavy (non-hydrogen) atoms. The molecule has 4 aromatic carbocycles. The van der Waals surface area contributed by atoms with Crippen LogP contribution in [0.1, 0.15) is 79.3 Å². The van der Waals surface area contributed by atoms with Gasteiger partial charge in [0, 0.05) is 33.3 Å². The van der Waals surface area contributed by atoms with Crippen LogP contribution in [0, 0.1) is 0 Å². The summed E-state index contributed by atoms with van der Waals surface area (Å²) >= 11 is 12.0. The van der Waals surface area contributed by atoms with E-state index in [0.717, 1.165) is 46.5 Å². The van der Waals surface area contributed by atoms with E-state index in [1.54, 1.807) is 34.1 Å². The van der Waals surface area contributed by atoms with E-state index in [-0.39, 0.29) is 48.1 Å². The van der Waals surface area contributed by atoms with Crippen LogP contribution in [0.3, 0.4) is 0 Å². The maximum atomic E-state index is 13.6. The number of carboxylic acids is 2. The van der Waals surface area contributed by atoms with Crippen LogP contribution in [0.5, 0.6) is 0 Å². The minimum absolute atomic E-state index is 0.0254. The molecule has 2 N–H and O–H groups in total. The molecule has 2 aliphatic heterocycles. The van der Waals surface area contributed by atoms with Gasteiger partial charge in [-0.05, 0) is 95.8 Å². The monoisotopic (exact) mass is 808 g/mol. The molecule has 2 aromatic heterocycles.